The summed E-state index contributed by atoms with van der Waals surface area (Å²) in [4.78, 5) is 20.5. The lowest BCUT2D eigenvalue weighted by molar-refractivity contribution is 0.0987. The number of Topliss-reactive ketones (excluding diaryl/α,β-unsaturated/α-hetero) is 1. The van der Waals surface area contributed by atoms with Crippen LogP contribution in [0.4, 0.5) is 5.69 Å². The fraction of sp³-hybridized carbons (Fsp3) is 0.250. The van der Waals surface area contributed by atoms with Gasteiger partial charge in [-0.1, -0.05) is 19.1 Å². The van der Waals surface area contributed by atoms with Crippen molar-refractivity contribution >= 4 is 38.1 Å². The van der Waals surface area contributed by atoms with Crippen molar-refractivity contribution in [3.63, 3.8) is 0 Å². The molecule has 1 unspecified atom stereocenters. The molecule has 4 aromatic rings. The third kappa shape index (κ3) is 4.60. The number of H-pyrrole nitrogens is 2. The van der Waals surface area contributed by atoms with Crippen LogP contribution in [0.5, 0.6) is 0 Å². The molecule has 32 heavy (non-hydrogen) atoms. The van der Waals surface area contributed by atoms with Crippen molar-refractivity contribution < 1.29 is 9.00 Å². The third-order valence-corrected chi connectivity index (χ3v) is 7.10. The number of nitrogens with zero attached hydrogens (tertiary/aromatic N) is 2. The van der Waals surface area contributed by atoms with Crippen molar-refractivity contribution in [2.45, 2.75) is 33.6 Å². The third-order valence-electron chi connectivity index (χ3n) is 5.42. The van der Waals surface area contributed by atoms with Gasteiger partial charge in [0.05, 0.1) is 0 Å². The fourth-order valence-electron chi connectivity index (χ4n) is 3.68. The Labute approximate surface area is 187 Å². The number of aromatic amines is 2. The summed E-state index contributed by atoms with van der Waals surface area (Å²) in [6.45, 7) is 5.78. The van der Waals surface area contributed by atoms with Gasteiger partial charge in [0.25, 0.3) is 0 Å². The first-order valence-corrected chi connectivity index (χ1v) is 12.4. The number of hydrogen-bond acceptors (Lipinski definition) is 4. The van der Waals surface area contributed by atoms with Gasteiger partial charge in [0.1, 0.15) is 11.3 Å². The van der Waals surface area contributed by atoms with Crippen LogP contribution in [0.3, 0.4) is 0 Å². The molecule has 0 spiro atoms. The monoisotopic (exact) mass is 449 g/mol. The van der Waals surface area contributed by atoms with Crippen molar-refractivity contribution in [2.75, 3.05) is 10.5 Å². The van der Waals surface area contributed by atoms with E-state index < -0.39 is 9.71 Å². The number of hydrogen-bond donors (Lipinski definition) is 3. The summed E-state index contributed by atoms with van der Waals surface area (Å²) in [7, 11) is -2.36. The standard InChI is InChI=1S/C24H27N5O2S/c1-5-9-32(4,31)29-20-8-6-7-18(12-20)21-13-19-10-17(14-25-24(19)26-21)11-22(30)23-15(2)16(3)27-28-23/h6-8,10,12-14H,4-5,9,11H2,1-3H3,(H,25,26)(H,27,28)(H,29,31). The number of ketones is 1. The van der Waals surface area contributed by atoms with Crippen LogP contribution in [0.25, 0.3) is 22.3 Å². The second-order valence-electron chi connectivity index (χ2n) is 8.09. The quantitative estimate of drug-likeness (QED) is 0.273. The van der Waals surface area contributed by atoms with E-state index in [-0.39, 0.29) is 12.2 Å². The molecule has 0 aliphatic rings. The maximum atomic E-state index is 12.7. The topological polar surface area (TPSA) is 104 Å². The van der Waals surface area contributed by atoms with Crippen LogP contribution in [0.2, 0.25) is 0 Å². The van der Waals surface area contributed by atoms with E-state index in [0.29, 0.717) is 11.4 Å². The van der Waals surface area contributed by atoms with Gasteiger partial charge < -0.3 is 9.71 Å². The number of aryl methyl sites for hydroxylation is 1. The number of anilines is 1. The zero-order chi connectivity index (χ0) is 22.9. The van der Waals surface area contributed by atoms with Gasteiger partial charge in [0.2, 0.25) is 0 Å². The molecule has 0 saturated carbocycles. The molecule has 1 aromatic carbocycles. The molecular weight excluding hydrogens is 422 g/mol. The van der Waals surface area contributed by atoms with E-state index in [2.05, 4.69) is 30.8 Å². The Balaban J connectivity index is 1.58. The fourth-order valence-corrected chi connectivity index (χ4v) is 5.00. The molecule has 8 heteroatoms. The van der Waals surface area contributed by atoms with Gasteiger partial charge in [-0.15, -0.1) is 0 Å². The lowest BCUT2D eigenvalue weighted by Gasteiger charge is -2.12. The van der Waals surface area contributed by atoms with Crippen LogP contribution >= 0.6 is 0 Å². The minimum Gasteiger partial charge on any atom is -0.339 e. The Morgan fingerprint density at radius 2 is 2.03 bits per heavy atom. The number of benzene rings is 1. The van der Waals surface area contributed by atoms with Crippen molar-refractivity contribution in [3.8, 4) is 11.3 Å². The van der Waals surface area contributed by atoms with E-state index in [1.807, 2.05) is 57.2 Å². The number of carbonyl (C=O) groups is 1. The van der Waals surface area contributed by atoms with E-state index >= 15 is 0 Å². The average molecular weight is 450 g/mol. The highest BCUT2D eigenvalue weighted by Crippen LogP contribution is 2.26. The molecule has 4 rings (SSSR count). The predicted octanol–water partition coefficient (Wildman–Crippen LogP) is 4.45. The Bertz CT molecular complexity index is 1400. The maximum Gasteiger partial charge on any atom is 0.187 e. The van der Waals surface area contributed by atoms with Crippen molar-refractivity contribution in [3.05, 3.63) is 65.1 Å². The van der Waals surface area contributed by atoms with Crippen molar-refractivity contribution in [1.29, 1.82) is 0 Å². The van der Waals surface area contributed by atoms with Crippen LogP contribution in [-0.4, -0.2) is 41.8 Å². The lowest BCUT2D eigenvalue weighted by atomic mass is 10.0. The van der Waals surface area contributed by atoms with Crippen LogP contribution in [-0.2, 0) is 16.1 Å². The number of carbonyl (C=O) groups excluding carboxylic acids is 1. The summed E-state index contributed by atoms with van der Waals surface area (Å²) >= 11 is 0. The van der Waals surface area contributed by atoms with Crippen molar-refractivity contribution in [1.82, 2.24) is 20.2 Å². The molecule has 0 radical (unpaired) electrons. The van der Waals surface area contributed by atoms with E-state index in [4.69, 9.17) is 0 Å². The molecule has 3 N–H and O–H groups in total. The van der Waals surface area contributed by atoms with Gasteiger partial charge in [-0.25, -0.2) is 9.19 Å². The van der Waals surface area contributed by atoms with E-state index in [9.17, 15) is 9.00 Å². The van der Waals surface area contributed by atoms with E-state index in [0.717, 1.165) is 51.2 Å². The summed E-state index contributed by atoms with van der Waals surface area (Å²) in [5.41, 5.74) is 6.44. The molecule has 166 valence electrons. The minimum atomic E-state index is -2.36. The van der Waals surface area contributed by atoms with Gasteiger partial charge in [0.15, 0.2) is 5.78 Å². The summed E-state index contributed by atoms with van der Waals surface area (Å²) in [6.07, 6.45) is 2.76. The molecule has 0 amide bonds. The summed E-state index contributed by atoms with van der Waals surface area (Å²) in [5, 5.41) is 7.91. The molecule has 7 nitrogen and oxygen atoms in total. The van der Waals surface area contributed by atoms with E-state index in [1.165, 1.54) is 0 Å². The lowest BCUT2D eigenvalue weighted by Crippen LogP contribution is -2.15. The minimum absolute atomic E-state index is 0.0358. The number of nitrogens with one attached hydrogen (secondary N) is 3. The second-order valence-corrected chi connectivity index (χ2v) is 10.3. The van der Waals surface area contributed by atoms with Gasteiger partial charge in [-0.3, -0.25) is 9.89 Å². The largest absolute Gasteiger partial charge is 0.339 e. The highest BCUT2D eigenvalue weighted by atomic mass is 32.2. The first-order valence-electron chi connectivity index (χ1n) is 10.5. The first kappa shape index (κ1) is 21.8. The normalized spacial score (nSPS) is 13.2. The zero-order valence-electron chi connectivity index (χ0n) is 18.5. The number of pyridine rings is 1. The molecule has 3 aromatic heterocycles. The molecule has 0 saturated heterocycles. The van der Waals surface area contributed by atoms with Crippen LogP contribution in [0.1, 0.15) is 40.7 Å². The van der Waals surface area contributed by atoms with Gasteiger partial charge in [0, 0.05) is 61.7 Å². The molecule has 0 aliphatic heterocycles. The summed E-state index contributed by atoms with van der Waals surface area (Å²) in [6, 6.07) is 11.7. The highest BCUT2D eigenvalue weighted by Gasteiger charge is 2.16. The first-order chi connectivity index (χ1) is 15.3. The number of rotatable bonds is 8. The van der Waals surface area contributed by atoms with E-state index in [1.54, 1.807) is 6.20 Å². The molecular formula is C24H27N5O2S. The summed E-state index contributed by atoms with van der Waals surface area (Å²) in [5.74, 6) is 4.30. The highest BCUT2D eigenvalue weighted by molar-refractivity contribution is 8.01. The Kier molecular flexibility index (Phi) is 5.88. The molecule has 3 heterocycles. The Hall–Kier alpha value is -3.39. The number of fused-ring (bicyclic) bond motifs is 1. The molecule has 1 atom stereocenters. The van der Waals surface area contributed by atoms with Crippen molar-refractivity contribution in [2.24, 2.45) is 0 Å². The van der Waals surface area contributed by atoms with Crippen LogP contribution in [0.15, 0.2) is 42.6 Å². The van der Waals surface area contributed by atoms with Crippen LogP contribution < -0.4 is 4.72 Å². The Morgan fingerprint density at radius 1 is 1.22 bits per heavy atom. The molecule has 0 aliphatic carbocycles. The number of aromatic nitrogens is 4. The average Bonchev–Trinajstić information content (AvgIpc) is 3.31. The maximum absolute atomic E-state index is 12.7. The van der Waals surface area contributed by atoms with Gasteiger partial charge in [-0.05, 0) is 56.0 Å². The second kappa shape index (κ2) is 8.63. The smallest absolute Gasteiger partial charge is 0.187 e. The predicted molar refractivity (Wildman–Crippen MR) is 132 cm³/mol. The zero-order valence-corrected chi connectivity index (χ0v) is 19.3. The van der Waals surface area contributed by atoms with Gasteiger partial charge in [-0.2, -0.15) is 5.10 Å². The SMILES string of the molecule is C=S(=O)(CCC)Nc1cccc(-c2cc3cc(CC(=O)c4n[nH]c(C)c4C)cnc3[nH]2)c1. The van der Waals surface area contributed by atoms with Crippen LogP contribution in [0, 0.1) is 13.8 Å². The Morgan fingerprint density at radius 3 is 2.75 bits per heavy atom. The molecule has 0 fully saturated rings. The summed E-state index contributed by atoms with van der Waals surface area (Å²) < 4.78 is 15.6. The molecule has 0 bridgehead atoms. The van der Waals surface area contributed by atoms with Gasteiger partial charge >= 0.3 is 0 Å².